The molecule has 0 bridgehead atoms. The number of carbonyl (C=O) groups is 1. The van der Waals surface area contributed by atoms with E-state index in [4.69, 9.17) is 5.11 Å². The summed E-state index contributed by atoms with van der Waals surface area (Å²) in [5, 5.41) is 8.60. The molecule has 1 aliphatic rings. The number of halogens is 1. The molecule has 0 spiro atoms. The number of aliphatic hydroxyl groups excluding tert-OH is 1. The van der Waals surface area contributed by atoms with Gasteiger partial charge in [0, 0.05) is 6.54 Å². The summed E-state index contributed by atoms with van der Waals surface area (Å²) in [6.45, 7) is 0.781. The molecule has 1 amide bonds. The molecule has 1 rings (SSSR count). The van der Waals surface area contributed by atoms with Crippen LogP contribution in [0.2, 0.25) is 0 Å². The Kier molecular flexibility index (Phi) is 2.29. The highest BCUT2D eigenvalue weighted by Crippen LogP contribution is 2.20. The first-order valence-electron chi connectivity index (χ1n) is 2.83. The van der Waals surface area contributed by atoms with E-state index in [0.29, 0.717) is 0 Å². The normalized spacial score (nSPS) is 27.6. The predicted octanol–water partition coefficient (Wildman–Crippen LogP) is 0.177. The first-order valence-corrected chi connectivity index (χ1v) is 3.80. The summed E-state index contributed by atoms with van der Waals surface area (Å²) in [4.78, 5) is 10.9. The van der Waals surface area contributed by atoms with E-state index >= 15 is 0 Å². The van der Waals surface area contributed by atoms with Gasteiger partial charge in [-0.1, -0.05) is 0 Å². The van der Waals surface area contributed by atoms with Gasteiger partial charge >= 0.3 is 0 Å². The van der Waals surface area contributed by atoms with E-state index < -0.39 is 0 Å². The highest BCUT2D eigenvalue weighted by molar-refractivity contribution is 14.1. The molecular formula is C5H8INO2. The maximum Gasteiger partial charge on any atom is 0.236 e. The molecule has 0 aromatic rings. The van der Waals surface area contributed by atoms with Gasteiger partial charge in [-0.05, 0) is 6.42 Å². The lowest BCUT2D eigenvalue weighted by molar-refractivity contribution is -0.126. The third-order valence-corrected chi connectivity index (χ3v) is 2.44. The summed E-state index contributed by atoms with van der Waals surface area (Å²) in [5.74, 6) is -0.0556. The number of nitrogens with zero attached hydrogens (tertiary/aromatic N) is 1. The largest absolute Gasteiger partial charge is 0.396 e. The van der Waals surface area contributed by atoms with Gasteiger partial charge in [0.25, 0.3) is 0 Å². The molecule has 1 unspecified atom stereocenters. The Bertz CT molecular complexity index is 128. The molecule has 1 saturated heterocycles. The summed E-state index contributed by atoms with van der Waals surface area (Å²) in [6, 6.07) is 0. The Hall–Kier alpha value is 0.160. The van der Waals surface area contributed by atoms with Crippen LogP contribution in [0.25, 0.3) is 0 Å². The van der Waals surface area contributed by atoms with Crippen molar-refractivity contribution in [2.75, 3.05) is 13.2 Å². The fraction of sp³-hybridized carbons (Fsp3) is 0.800. The van der Waals surface area contributed by atoms with Crippen molar-refractivity contribution in [2.45, 2.75) is 6.42 Å². The summed E-state index contributed by atoms with van der Waals surface area (Å²) < 4.78 is 1.62. The average Bonchev–Trinajstić information content (AvgIpc) is 2.15. The first kappa shape index (κ1) is 7.27. The lowest BCUT2D eigenvalue weighted by atomic mass is 10.1. The van der Waals surface area contributed by atoms with Crippen LogP contribution in [0.1, 0.15) is 6.42 Å². The number of rotatable bonds is 1. The van der Waals surface area contributed by atoms with Crippen LogP contribution >= 0.6 is 22.9 Å². The molecule has 0 aromatic heterocycles. The van der Waals surface area contributed by atoms with Gasteiger partial charge in [0.05, 0.1) is 35.4 Å². The molecule has 0 aromatic carbocycles. The Morgan fingerprint density at radius 3 is 2.78 bits per heavy atom. The molecule has 1 aliphatic heterocycles. The molecule has 52 valence electrons. The number of amides is 1. The number of carbonyl (C=O) groups excluding carboxylic acids is 1. The summed E-state index contributed by atoms with van der Waals surface area (Å²) in [5.41, 5.74) is 0. The van der Waals surface area contributed by atoms with Crippen LogP contribution in [0.5, 0.6) is 0 Å². The van der Waals surface area contributed by atoms with Gasteiger partial charge in [0.1, 0.15) is 0 Å². The minimum absolute atomic E-state index is 0.00165. The zero-order chi connectivity index (χ0) is 6.85. The number of hydrogen-bond acceptors (Lipinski definition) is 2. The summed E-state index contributed by atoms with van der Waals surface area (Å²) >= 11 is 1.97. The van der Waals surface area contributed by atoms with Crippen molar-refractivity contribution in [3.63, 3.8) is 0 Å². The molecule has 1 heterocycles. The monoisotopic (exact) mass is 241 g/mol. The van der Waals surface area contributed by atoms with Gasteiger partial charge in [0.15, 0.2) is 0 Å². The maximum atomic E-state index is 10.9. The van der Waals surface area contributed by atoms with Gasteiger partial charge in [-0.15, -0.1) is 0 Å². The lowest BCUT2D eigenvalue weighted by Gasteiger charge is -2.03. The van der Waals surface area contributed by atoms with Gasteiger partial charge in [-0.2, -0.15) is 0 Å². The summed E-state index contributed by atoms with van der Waals surface area (Å²) in [7, 11) is 0. The molecule has 1 atom stereocenters. The van der Waals surface area contributed by atoms with Crippen LogP contribution in [-0.2, 0) is 4.79 Å². The van der Waals surface area contributed by atoms with Crippen molar-refractivity contribution in [2.24, 2.45) is 5.92 Å². The smallest absolute Gasteiger partial charge is 0.236 e. The second-order valence-corrected chi connectivity index (χ2v) is 3.26. The van der Waals surface area contributed by atoms with E-state index in [1.807, 2.05) is 22.9 Å². The van der Waals surface area contributed by atoms with E-state index in [1.54, 1.807) is 3.11 Å². The van der Waals surface area contributed by atoms with Crippen LogP contribution < -0.4 is 0 Å². The topological polar surface area (TPSA) is 40.5 Å². The van der Waals surface area contributed by atoms with Crippen molar-refractivity contribution in [1.82, 2.24) is 3.11 Å². The van der Waals surface area contributed by atoms with Gasteiger partial charge < -0.3 is 5.11 Å². The third kappa shape index (κ3) is 1.35. The van der Waals surface area contributed by atoms with Gasteiger partial charge in [-0.3, -0.25) is 7.91 Å². The fourth-order valence-corrected chi connectivity index (χ4v) is 1.54. The number of hydrogen-bond donors (Lipinski definition) is 1. The van der Waals surface area contributed by atoms with E-state index in [-0.39, 0.29) is 18.4 Å². The van der Waals surface area contributed by atoms with Crippen molar-refractivity contribution in [3.8, 4) is 0 Å². The predicted molar refractivity (Wildman–Crippen MR) is 40.9 cm³/mol. The third-order valence-electron chi connectivity index (χ3n) is 1.48. The quantitative estimate of drug-likeness (QED) is 0.525. The molecule has 0 aliphatic carbocycles. The molecule has 9 heavy (non-hydrogen) atoms. The zero-order valence-corrected chi connectivity index (χ0v) is 7.04. The van der Waals surface area contributed by atoms with Crippen LogP contribution in [0.15, 0.2) is 0 Å². The molecule has 3 nitrogen and oxygen atoms in total. The van der Waals surface area contributed by atoms with Crippen LogP contribution in [-0.4, -0.2) is 27.3 Å². The fourth-order valence-electron chi connectivity index (χ4n) is 0.870. The highest BCUT2D eigenvalue weighted by Gasteiger charge is 2.28. The SMILES string of the molecule is O=C1C(CO)CCN1I. The van der Waals surface area contributed by atoms with E-state index in [9.17, 15) is 4.79 Å². The van der Waals surface area contributed by atoms with Crippen molar-refractivity contribution in [3.05, 3.63) is 0 Å². The van der Waals surface area contributed by atoms with Gasteiger partial charge in [0.2, 0.25) is 5.91 Å². The van der Waals surface area contributed by atoms with Crippen LogP contribution in [0.3, 0.4) is 0 Å². The molecule has 0 radical (unpaired) electrons. The molecule has 4 heteroatoms. The van der Waals surface area contributed by atoms with E-state index in [2.05, 4.69) is 0 Å². The minimum Gasteiger partial charge on any atom is -0.396 e. The first-order chi connectivity index (χ1) is 4.25. The molecule has 0 saturated carbocycles. The molecule has 1 N–H and O–H groups in total. The van der Waals surface area contributed by atoms with Crippen molar-refractivity contribution in [1.29, 1.82) is 0 Å². The van der Waals surface area contributed by atoms with Crippen molar-refractivity contribution < 1.29 is 9.90 Å². The molecular weight excluding hydrogens is 233 g/mol. The Labute approximate surface area is 67.5 Å². The zero-order valence-electron chi connectivity index (χ0n) is 4.88. The maximum absolute atomic E-state index is 10.9. The van der Waals surface area contributed by atoms with Crippen LogP contribution in [0.4, 0.5) is 0 Å². The Morgan fingerprint density at radius 2 is 2.56 bits per heavy atom. The lowest BCUT2D eigenvalue weighted by Crippen LogP contribution is -2.19. The van der Waals surface area contributed by atoms with E-state index in [1.165, 1.54) is 0 Å². The minimum atomic E-state index is -0.123. The van der Waals surface area contributed by atoms with Gasteiger partial charge in [-0.25, -0.2) is 0 Å². The second-order valence-electron chi connectivity index (χ2n) is 2.09. The summed E-state index contributed by atoms with van der Waals surface area (Å²) in [6.07, 6.45) is 0.804. The standard InChI is InChI=1S/C5H8INO2/c6-7-2-1-4(3-8)5(7)9/h4,8H,1-3H2. The number of aliphatic hydroxyl groups is 1. The Morgan fingerprint density at radius 1 is 1.89 bits per heavy atom. The van der Waals surface area contributed by atoms with Crippen molar-refractivity contribution >= 4 is 28.8 Å². The second kappa shape index (κ2) is 2.83. The average molecular weight is 241 g/mol. The highest BCUT2D eigenvalue weighted by atomic mass is 127. The Balaban J connectivity index is 2.51. The molecule has 1 fully saturated rings. The van der Waals surface area contributed by atoms with Crippen LogP contribution in [0, 0.1) is 5.92 Å². The van der Waals surface area contributed by atoms with E-state index in [0.717, 1.165) is 13.0 Å².